The Bertz CT molecular complexity index is 1150. The molecule has 5 rings (SSSR count). The van der Waals surface area contributed by atoms with Crippen molar-refractivity contribution < 1.29 is 49.6 Å². The van der Waals surface area contributed by atoms with Gasteiger partial charge in [-0.25, -0.2) is 9.36 Å². The summed E-state index contributed by atoms with van der Waals surface area (Å²) in [6, 6.07) is 7.63. The van der Waals surface area contributed by atoms with Crippen LogP contribution in [-0.2, 0) is 45.4 Å². The Labute approximate surface area is 227 Å². The number of hydrogen-bond acceptors (Lipinski definition) is 14. The van der Waals surface area contributed by atoms with Crippen molar-refractivity contribution in [1.29, 1.82) is 0 Å². The fourth-order valence-corrected chi connectivity index (χ4v) is 4.41. The zero-order valence-electron chi connectivity index (χ0n) is 21.3. The fraction of sp³-hybridized carbons (Fsp3) is 0.583. The first-order chi connectivity index (χ1) is 19.3. The van der Waals surface area contributed by atoms with Crippen LogP contribution >= 0.6 is 0 Å². The first kappa shape index (κ1) is 28.6. The number of aromatic nitrogens is 6. The van der Waals surface area contributed by atoms with E-state index in [2.05, 4.69) is 20.6 Å². The van der Waals surface area contributed by atoms with E-state index in [-0.39, 0.29) is 26.4 Å². The summed E-state index contributed by atoms with van der Waals surface area (Å²) in [4.78, 5) is 0. The van der Waals surface area contributed by atoms with Crippen molar-refractivity contribution >= 4 is 0 Å². The topological polar surface area (TPSA) is 220 Å². The van der Waals surface area contributed by atoms with Crippen LogP contribution < -0.4 is 0 Å². The second-order valence-corrected chi connectivity index (χ2v) is 9.73. The van der Waals surface area contributed by atoms with Crippen LogP contribution in [0.5, 0.6) is 0 Å². The average Bonchev–Trinajstić information content (AvgIpc) is 3.61. The summed E-state index contributed by atoms with van der Waals surface area (Å²) in [6.07, 6.45) is -6.55. The predicted octanol–water partition coefficient (Wildman–Crippen LogP) is -2.47. The summed E-state index contributed by atoms with van der Waals surface area (Å²) in [7, 11) is 0. The minimum absolute atomic E-state index is 0.134. The number of hydrogen-bond donors (Lipinski definition) is 6. The van der Waals surface area contributed by atoms with E-state index < -0.39 is 49.1 Å². The van der Waals surface area contributed by atoms with E-state index in [0.29, 0.717) is 24.6 Å². The molecule has 2 aliphatic rings. The molecule has 0 saturated carbocycles. The van der Waals surface area contributed by atoms with Gasteiger partial charge in [-0.3, -0.25) is 0 Å². The lowest BCUT2D eigenvalue weighted by Gasteiger charge is -2.34. The van der Waals surface area contributed by atoms with Crippen molar-refractivity contribution in [3.63, 3.8) is 0 Å². The molecule has 16 nitrogen and oxygen atoms in total. The Kier molecular flexibility index (Phi) is 9.11. The van der Waals surface area contributed by atoms with Crippen molar-refractivity contribution in [2.24, 2.45) is 0 Å². The van der Waals surface area contributed by atoms with E-state index in [1.54, 1.807) is 12.4 Å². The summed E-state index contributed by atoms with van der Waals surface area (Å²) in [5.74, 6) is 0. The van der Waals surface area contributed by atoms with Crippen LogP contribution in [0.25, 0.3) is 0 Å². The molecule has 40 heavy (non-hydrogen) atoms. The van der Waals surface area contributed by atoms with E-state index in [4.69, 9.17) is 18.9 Å². The minimum Gasteiger partial charge on any atom is -0.388 e. The molecule has 2 fully saturated rings. The maximum Gasteiger partial charge on any atom is 0.180 e. The van der Waals surface area contributed by atoms with Crippen molar-refractivity contribution in [2.45, 2.75) is 75.5 Å². The summed E-state index contributed by atoms with van der Waals surface area (Å²) in [6.45, 7) is 0.634. The third kappa shape index (κ3) is 6.52. The zero-order valence-corrected chi connectivity index (χ0v) is 21.3. The Morgan fingerprint density at radius 2 is 1.12 bits per heavy atom. The summed E-state index contributed by atoms with van der Waals surface area (Å²) >= 11 is 0. The molecule has 218 valence electrons. The lowest BCUT2D eigenvalue weighted by atomic mass is 10.0. The normalized spacial score (nSPS) is 30.9. The molecule has 4 heterocycles. The fourth-order valence-electron chi connectivity index (χ4n) is 4.41. The van der Waals surface area contributed by atoms with E-state index in [0.717, 1.165) is 11.1 Å². The number of ether oxygens (including phenoxy) is 4. The highest BCUT2D eigenvalue weighted by Crippen LogP contribution is 2.24. The lowest BCUT2D eigenvalue weighted by Crippen LogP contribution is -2.50. The summed E-state index contributed by atoms with van der Waals surface area (Å²) in [5, 5.41) is 75.0. The maximum atomic E-state index is 10.1. The third-order valence-corrected chi connectivity index (χ3v) is 6.61. The summed E-state index contributed by atoms with van der Waals surface area (Å²) in [5.41, 5.74) is 2.82. The first-order valence-corrected chi connectivity index (χ1v) is 12.7. The van der Waals surface area contributed by atoms with Crippen LogP contribution in [0.1, 0.15) is 35.0 Å². The highest BCUT2D eigenvalue weighted by atomic mass is 16.5. The molecule has 8 unspecified atom stereocenters. The van der Waals surface area contributed by atoms with E-state index in [1.807, 2.05) is 24.3 Å². The van der Waals surface area contributed by atoms with Crippen LogP contribution in [0.3, 0.4) is 0 Å². The maximum absolute atomic E-state index is 10.1. The minimum atomic E-state index is -1.35. The van der Waals surface area contributed by atoms with Crippen LogP contribution in [-0.4, -0.2) is 110 Å². The van der Waals surface area contributed by atoms with Gasteiger partial charge in [0.2, 0.25) is 0 Å². The highest BCUT2D eigenvalue weighted by molar-refractivity contribution is 5.22. The van der Waals surface area contributed by atoms with Gasteiger partial charge in [0.25, 0.3) is 0 Å². The van der Waals surface area contributed by atoms with E-state index in [9.17, 15) is 30.6 Å². The molecule has 0 bridgehead atoms. The van der Waals surface area contributed by atoms with Gasteiger partial charge in [-0.1, -0.05) is 34.7 Å². The van der Waals surface area contributed by atoms with Crippen LogP contribution in [0.2, 0.25) is 0 Å². The standard InChI is InChI=1S/C24H32N6O10/c31-17-11-39-23(21(35)19(17)33)29-5-15(25-27-29)9-37-7-13-2-1-3-14(4-13)8-38-10-16-6-30(28-26-16)24-22(36)20(34)18(32)12-40-24/h1-6,17-24,31-36H,7-12H2. The smallest absolute Gasteiger partial charge is 0.180 e. The van der Waals surface area contributed by atoms with Gasteiger partial charge in [0.1, 0.15) is 48.0 Å². The average molecular weight is 565 g/mol. The molecule has 2 aliphatic heterocycles. The Balaban J connectivity index is 1.06. The highest BCUT2D eigenvalue weighted by Gasteiger charge is 2.40. The van der Waals surface area contributed by atoms with Crippen molar-refractivity contribution in [1.82, 2.24) is 30.0 Å². The second kappa shape index (κ2) is 12.7. The Hall–Kier alpha value is -2.90. The van der Waals surface area contributed by atoms with Crippen molar-refractivity contribution in [3.05, 3.63) is 59.2 Å². The molecule has 0 aliphatic carbocycles. The monoisotopic (exact) mass is 564 g/mol. The largest absolute Gasteiger partial charge is 0.388 e. The van der Waals surface area contributed by atoms with Crippen LogP contribution in [0.15, 0.2) is 36.7 Å². The molecule has 2 saturated heterocycles. The van der Waals surface area contributed by atoms with Gasteiger partial charge in [0.05, 0.1) is 52.0 Å². The van der Waals surface area contributed by atoms with E-state index in [1.165, 1.54) is 9.36 Å². The Morgan fingerprint density at radius 3 is 1.57 bits per heavy atom. The van der Waals surface area contributed by atoms with Crippen LogP contribution in [0, 0.1) is 0 Å². The number of rotatable bonds is 10. The molecule has 0 amide bonds. The van der Waals surface area contributed by atoms with Crippen molar-refractivity contribution in [2.75, 3.05) is 13.2 Å². The summed E-state index contributed by atoms with van der Waals surface area (Å²) < 4.78 is 24.8. The van der Waals surface area contributed by atoms with Gasteiger partial charge in [-0.2, -0.15) is 0 Å². The third-order valence-electron chi connectivity index (χ3n) is 6.61. The van der Waals surface area contributed by atoms with Gasteiger partial charge < -0.3 is 49.6 Å². The number of aliphatic hydroxyl groups is 6. The molecule has 16 heteroatoms. The number of nitrogens with zero attached hydrogens (tertiary/aromatic N) is 6. The van der Waals surface area contributed by atoms with Gasteiger partial charge in [-0.05, 0) is 11.1 Å². The van der Waals surface area contributed by atoms with Crippen molar-refractivity contribution in [3.8, 4) is 0 Å². The lowest BCUT2D eigenvalue weighted by molar-refractivity contribution is -0.214. The first-order valence-electron chi connectivity index (χ1n) is 12.7. The van der Waals surface area contributed by atoms with E-state index >= 15 is 0 Å². The number of aliphatic hydroxyl groups excluding tert-OH is 6. The molecule has 0 radical (unpaired) electrons. The van der Waals surface area contributed by atoms with Gasteiger partial charge >= 0.3 is 0 Å². The zero-order chi connectivity index (χ0) is 28.2. The quantitative estimate of drug-likeness (QED) is 0.150. The molecule has 2 aromatic heterocycles. The number of benzene rings is 1. The SMILES string of the molecule is OC1COC(n2cc(COCc3cccc(COCc4cn(C5OCC(O)C(O)C5O)nn4)c3)nn2)C(O)C1O. The molecular weight excluding hydrogens is 532 g/mol. The second-order valence-electron chi connectivity index (χ2n) is 9.73. The van der Waals surface area contributed by atoms with Gasteiger partial charge in [0, 0.05) is 0 Å². The molecular formula is C24H32N6O10. The molecule has 1 aromatic carbocycles. The molecule has 0 spiro atoms. The molecule has 6 N–H and O–H groups in total. The molecule has 8 atom stereocenters. The van der Waals surface area contributed by atoms with Gasteiger partial charge in [-0.15, -0.1) is 10.2 Å². The predicted molar refractivity (Wildman–Crippen MR) is 129 cm³/mol. The van der Waals surface area contributed by atoms with Crippen LogP contribution in [0.4, 0.5) is 0 Å². The van der Waals surface area contributed by atoms with Gasteiger partial charge in [0.15, 0.2) is 12.5 Å². The molecule has 3 aromatic rings. The Morgan fingerprint density at radius 1 is 0.675 bits per heavy atom.